The molecule has 0 aliphatic heterocycles. The van der Waals surface area contributed by atoms with E-state index in [1.165, 1.54) is 0 Å². The van der Waals surface area contributed by atoms with Crippen LogP contribution in [-0.4, -0.2) is 38.0 Å². The van der Waals surface area contributed by atoms with Gasteiger partial charge in [0.05, 0.1) is 11.6 Å². The summed E-state index contributed by atoms with van der Waals surface area (Å²) in [5, 5.41) is 3.01. The van der Waals surface area contributed by atoms with Gasteiger partial charge < -0.3 is 20.8 Å². The smallest absolute Gasteiger partial charge is 0.287 e. The molecule has 134 valence electrons. The van der Waals surface area contributed by atoms with E-state index >= 15 is 0 Å². The van der Waals surface area contributed by atoms with Crippen LogP contribution in [0.1, 0.15) is 36.3 Å². The van der Waals surface area contributed by atoms with Crippen LogP contribution in [0.5, 0.6) is 5.75 Å². The van der Waals surface area contributed by atoms with Crippen molar-refractivity contribution in [2.75, 3.05) is 5.73 Å². The maximum atomic E-state index is 12.1. The maximum absolute atomic E-state index is 12.1. The standard InChI is InChI=1S/C18H20N6O2/c19-11-9-14-16(21-6-5-20-14)15(10-11)26-13-3-1-12(2-4-13)24-18(25)17-22-7-8-23-17/h5-10,12-13H,1-4,19H2,(H,22,23)(H,24,25). The molecule has 0 atom stereocenters. The lowest BCUT2D eigenvalue weighted by Crippen LogP contribution is -2.40. The SMILES string of the molecule is Nc1cc(OC2CCC(NC(=O)c3ncc[nH]3)CC2)c2nccnc2c1. The highest BCUT2D eigenvalue weighted by Crippen LogP contribution is 2.30. The number of H-pyrrole nitrogens is 1. The molecular weight excluding hydrogens is 332 g/mol. The van der Waals surface area contributed by atoms with Crippen molar-refractivity contribution in [2.24, 2.45) is 0 Å². The van der Waals surface area contributed by atoms with Gasteiger partial charge in [-0.3, -0.25) is 9.78 Å². The van der Waals surface area contributed by atoms with Crippen LogP contribution in [-0.2, 0) is 0 Å². The molecule has 1 fully saturated rings. The molecule has 0 radical (unpaired) electrons. The Labute approximate surface area is 150 Å². The van der Waals surface area contributed by atoms with Crippen molar-refractivity contribution in [2.45, 2.75) is 37.8 Å². The molecule has 1 aliphatic rings. The van der Waals surface area contributed by atoms with Gasteiger partial charge in [0, 0.05) is 42.6 Å². The summed E-state index contributed by atoms with van der Waals surface area (Å²) in [5.41, 5.74) is 7.99. The Morgan fingerprint density at radius 2 is 1.92 bits per heavy atom. The highest BCUT2D eigenvalue weighted by atomic mass is 16.5. The molecule has 26 heavy (non-hydrogen) atoms. The van der Waals surface area contributed by atoms with E-state index in [0.29, 0.717) is 17.3 Å². The van der Waals surface area contributed by atoms with Crippen LogP contribution in [0, 0.1) is 0 Å². The number of nitrogen functional groups attached to an aromatic ring is 1. The Hall–Kier alpha value is -3.16. The first kappa shape index (κ1) is 16.3. The van der Waals surface area contributed by atoms with Crippen LogP contribution in [0.15, 0.2) is 36.9 Å². The summed E-state index contributed by atoms with van der Waals surface area (Å²) >= 11 is 0. The predicted octanol–water partition coefficient (Wildman–Crippen LogP) is 2.06. The molecule has 1 aliphatic carbocycles. The van der Waals surface area contributed by atoms with Crippen molar-refractivity contribution in [3.63, 3.8) is 0 Å². The third kappa shape index (κ3) is 3.44. The van der Waals surface area contributed by atoms with E-state index in [-0.39, 0.29) is 18.1 Å². The Morgan fingerprint density at radius 1 is 1.12 bits per heavy atom. The van der Waals surface area contributed by atoms with Crippen molar-refractivity contribution in [1.82, 2.24) is 25.3 Å². The summed E-state index contributed by atoms with van der Waals surface area (Å²) in [4.78, 5) is 27.5. The van der Waals surface area contributed by atoms with Crippen LogP contribution in [0.3, 0.4) is 0 Å². The van der Waals surface area contributed by atoms with Crippen LogP contribution in [0.25, 0.3) is 11.0 Å². The van der Waals surface area contributed by atoms with Crippen molar-refractivity contribution >= 4 is 22.6 Å². The number of hydrogen-bond acceptors (Lipinski definition) is 6. The number of fused-ring (bicyclic) bond motifs is 1. The minimum Gasteiger partial charge on any atom is -0.488 e. The van der Waals surface area contributed by atoms with E-state index in [0.717, 1.165) is 36.7 Å². The van der Waals surface area contributed by atoms with Crippen LogP contribution in [0.2, 0.25) is 0 Å². The number of nitrogens with two attached hydrogens (primary N) is 1. The van der Waals surface area contributed by atoms with Crippen molar-refractivity contribution < 1.29 is 9.53 Å². The second-order valence-corrected chi connectivity index (χ2v) is 6.45. The summed E-state index contributed by atoms with van der Waals surface area (Å²) in [7, 11) is 0. The van der Waals surface area contributed by atoms with Gasteiger partial charge in [-0.25, -0.2) is 9.97 Å². The van der Waals surface area contributed by atoms with E-state index in [4.69, 9.17) is 10.5 Å². The molecule has 0 saturated heterocycles. The Kier molecular flexibility index (Phi) is 4.39. The first-order valence-corrected chi connectivity index (χ1v) is 8.66. The monoisotopic (exact) mass is 352 g/mol. The summed E-state index contributed by atoms with van der Waals surface area (Å²) in [5.74, 6) is 0.834. The molecule has 3 aromatic rings. The van der Waals surface area contributed by atoms with Gasteiger partial charge >= 0.3 is 0 Å². The number of nitrogens with one attached hydrogen (secondary N) is 2. The maximum Gasteiger partial charge on any atom is 0.287 e. The molecule has 1 saturated carbocycles. The van der Waals surface area contributed by atoms with E-state index < -0.39 is 0 Å². The number of anilines is 1. The molecule has 0 bridgehead atoms. The lowest BCUT2D eigenvalue weighted by Gasteiger charge is -2.29. The lowest BCUT2D eigenvalue weighted by atomic mass is 9.93. The number of amides is 1. The van der Waals surface area contributed by atoms with Gasteiger partial charge in [-0.15, -0.1) is 0 Å². The fourth-order valence-electron chi connectivity index (χ4n) is 3.30. The van der Waals surface area contributed by atoms with E-state index in [1.807, 2.05) is 0 Å². The third-order valence-electron chi connectivity index (χ3n) is 4.58. The molecule has 1 aromatic carbocycles. The van der Waals surface area contributed by atoms with Crippen molar-refractivity contribution in [3.8, 4) is 5.75 Å². The number of carbonyl (C=O) groups is 1. The molecule has 2 aromatic heterocycles. The van der Waals surface area contributed by atoms with Crippen LogP contribution in [0.4, 0.5) is 5.69 Å². The highest BCUT2D eigenvalue weighted by molar-refractivity contribution is 5.90. The minimum absolute atomic E-state index is 0.0683. The van der Waals surface area contributed by atoms with Gasteiger partial charge in [-0.2, -0.15) is 0 Å². The van der Waals surface area contributed by atoms with Gasteiger partial charge in [-0.05, 0) is 31.7 Å². The molecule has 0 unspecified atom stereocenters. The van der Waals surface area contributed by atoms with Crippen LogP contribution < -0.4 is 15.8 Å². The molecule has 8 heteroatoms. The van der Waals surface area contributed by atoms with E-state index in [2.05, 4.69) is 25.3 Å². The minimum atomic E-state index is -0.170. The fraction of sp³-hybridized carbons (Fsp3) is 0.333. The zero-order chi connectivity index (χ0) is 17.9. The quantitative estimate of drug-likeness (QED) is 0.618. The largest absolute Gasteiger partial charge is 0.488 e. The van der Waals surface area contributed by atoms with Crippen molar-refractivity contribution in [1.29, 1.82) is 0 Å². The molecule has 8 nitrogen and oxygen atoms in total. The number of ether oxygens (including phenoxy) is 1. The second kappa shape index (κ2) is 6.99. The van der Waals surface area contributed by atoms with Gasteiger partial charge in [0.1, 0.15) is 11.3 Å². The molecule has 1 amide bonds. The van der Waals surface area contributed by atoms with E-state index in [1.54, 1.807) is 36.9 Å². The average molecular weight is 352 g/mol. The number of carbonyl (C=O) groups excluding carboxylic acids is 1. The van der Waals surface area contributed by atoms with E-state index in [9.17, 15) is 4.79 Å². The molecule has 2 heterocycles. The normalized spacial score (nSPS) is 20.0. The number of rotatable bonds is 4. The Balaban J connectivity index is 1.38. The summed E-state index contributed by atoms with van der Waals surface area (Å²) < 4.78 is 6.16. The van der Waals surface area contributed by atoms with Gasteiger partial charge in [-0.1, -0.05) is 0 Å². The average Bonchev–Trinajstić information content (AvgIpc) is 3.18. The number of aromatic nitrogens is 4. The molecule has 4 rings (SSSR count). The predicted molar refractivity (Wildman–Crippen MR) is 96.7 cm³/mol. The number of hydrogen-bond donors (Lipinski definition) is 3. The number of aromatic amines is 1. The fourth-order valence-corrected chi connectivity index (χ4v) is 3.30. The topological polar surface area (TPSA) is 119 Å². The number of imidazole rings is 1. The highest BCUT2D eigenvalue weighted by Gasteiger charge is 2.25. The Morgan fingerprint density at radius 3 is 2.69 bits per heavy atom. The zero-order valence-electron chi connectivity index (χ0n) is 14.2. The van der Waals surface area contributed by atoms with Crippen LogP contribution >= 0.6 is 0 Å². The van der Waals surface area contributed by atoms with Crippen molar-refractivity contribution in [3.05, 3.63) is 42.7 Å². The first-order chi connectivity index (χ1) is 12.7. The second-order valence-electron chi connectivity index (χ2n) is 6.45. The number of nitrogens with zero attached hydrogens (tertiary/aromatic N) is 3. The zero-order valence-corrected chi connectivity index (χ0v) is 14.2. The molecule has 0 spiro atoms. The summed E-state index contributed by atoms with van der Waals surface area (Å²) in [6, 6.07) is 3.71. The van der Waals surface area contributed by atoms with Gasteiger partial charge in [0.25, 0.3) is 5.91 Å². The Bertz CT molecular complexity index is 903. The van der Waals surface area contributed by atoms with Gasteiger partial charge in [0.15, 0.2) is 5.82 Å². The first-order valence-electron chi connectivity index (χ1n) is 8.66. The summed E-state index contributed by atoms with van der Waals surface area (Å²) in [6.45, 7) is 0. The summed E-state index contributed by atoms with van der Waals surface area (Å²) in [6.07, 6.45) is 9.95. The number of benzene rings is 1. The lowest BCUT2D eigenvalue weighted by molar-refractivity contribution is 0.0885. The third-order valence-corrected chi connectivity index (χ3v) is 4.58. The molecular formula is C18H20N6O2. The molecule has 4 N–H and O–H groups in total. The van der Waals surface area contributed by atoms with Gasteiger partial charge in [0.2, 0.25) is 0 Å².